The summed E-state index contributed by atoms with van der Waals surface area (Å²) in [6.45, 7) is 1.97. The van der Waals surface area contributed by atoms with Gasteiger partial charge in [-0.15, -0.1) is 0 Å². The van der Waals surface area contributed by atoms with Gasteiger partial charge in [-0.1, -0.05) is 48.5 Å². The van der Waals surface area contributed by atoms with Gasteiger partial charge >= 0.3 is 6.03 Å². The van der Waals surface area contributed by atoms with Crippen molar-refractivity contribution in [1.29, 1.82) is 0 Å². The van der Waals surface area contributed by atoms with E-state index in [-0.39, 0.29) is 6.03 Å². The highest BCUT2D eigenvalue weighted by Gasteiger charge is 2.12. The van der Waals surface area contributed by atoms with Crippen LogP contribution in [-0.2, 0) is 12.8 Å². The van der Waals surface area contributed by atoms with E-state index >= 15 is 0 Å². The number of carbonyl (C=O) groups excluding carboxylic acids is 1. The second-order valence-electron chi connectivity index (χ2n) is 8.67. The number of aryl methyl sites for hydroxylation is 3. The van der Waals surface area contributed by atoms with Gasteiger partial charge in [-0.05, 0) is 73.0 Å². The van der Waals surface area contributed by atoms with Gasteiger partial charge in [0.2, 0.25) is 0 Å². The summed E-state index contributed by atoms with van der Waals surface area (Å²) in [5, 5.41) is 5.75. The lowest BCUT2D eigenvalue weighted by atomic mass is 10.1. The molecule has 5 aromatic rings. The van der Waals surface area contributed by atoms with Crippen LogP contribution in [0.3, 0.4) is 0 Å². The molecule has 0 fully saturated rings. The Labute approximate surface area is 210 Å². The number of fused-ring (bicyclic) bond motifs is 1. The summed E-state index contributed by atoms with van der Waals surface area (Å²) in [4.78, 5) is 17.4. The van der Waals surface area contributed by atoms with Crippen molar-refractivity contribution in [3.63, 3.8) is 0 Å². The lowest BCUT2D eigenvalue weighted by Gasteiger charge is -2.12. The largest absolute Gasteiger partial charge is 0.495 e. The summed E-state index contributed by atoms with van der Waals surface area (Å²) in [5.41, 5.74) is 6.77. The molecule has 0 saturated carbocycles. The zero-order chi connectivity index (χ0) is 24.9. The van der Waals surface area contributed by atoms with Crippen LogP contribution in [0.25, 0.3) is 16.7 Å². The number of carbonyl (C=O) groups is 1. The number of para-hydroxylation sites is 3. The normalized spacial score (nSPS) is 10.8. The van der Waals surface area contributed by atoms with Gasteiger partial charge in [0, 0.05) is 17.8 Å². The average Bonchev–Trinajstić information content (AvgIpc) is 3.27. The number of nitrogens with zero attached hydrogens (tertiary/aromatic N) is 2. The van der Waals surface area contributed by atoms with Gasteiger partial charge in [0.15, 0.2) is 0 Å². The first-order valence-electron chi connectivity index (χ1n) is 11.9. The van der Waals surface area contributed by atoms with E-state index in [1.54, 1.807) is 7.11 Å². The van der Waals surface area contributed by atoms with E-state index in [9.17, 15) is 4.79 Å². The van der Waals surface area contributed by atoms with Crippen molar-refractivity contribution >= 4 is 28.4 Å². The van der Waals surface area contributed by atoms with Crippen molar-refractivity contribution in [3.05, 3.63) is 114 Å². The van der Waals surface area contributed by atoms with Crippen LogP contribution in [0.4, 0.5) is 16.2 Å². The minimum Gasteiger partial charge on any atom is -0.495 e. The van der Waals surface area contributed by atoms with Crippen molar-refractivity contribution < 1.29 is 9.53 Å². The van der Waals surface area contributed by atoms with Gasteiger partial charge in [-0.3, -0.25) is 4.57 Å². The molecule has 0 spiro atoms. The summed E-state index contributed by atoms with van der Waals surface area (Å²) in [7, 11) is 1.58. The third kappa shape index (κ3) is 5.08. The number of benzene rings is 4. The van der Waals surface area contributed by atoms with Gasteiger partial charge in [0.25, 0.3) is 0 Å². The molecule has 1 heterocycles. The van der Waals surface area contributed by atoms with E-state index < -0.39 is 0 Å². The van der Waals surface area contributed by atoms with Crippen LogP contribution >= 0.6 is 0 Å². The van der Waals surface area contributed by atoms with Crippen LogP contribution < -0.4 is 15.4 Å². The monoisotopic (exact) mass is 476 g/mol. The van der Waals surface area contributed by atoms with Gasteiger partial charge in [0.05, 0.1) is 23.8 Å². The van der Waals surface area contributed by atoms with Crippen molar-refractivity contribution in [2.75, 3.05) is 17.7 Å². The number of anilines is 2. The molecule has 0 aliphatic rings. The van der Waals surface area contributed by atoms with Crippen molar-refractivity contribution in [3.8, 4) is 11.4 Å². The number of aromatic nitrogens is 2. The SMILES string of the molecule is COc1ccc(C)cc1NC(=O)Nc1ccc(CCc2nc3ccccc3n2-c2ccccc2)cc1. The second-order valence-corrected chi connectivity index (χ2v) is 8.67. The summed E-state index contributed by atoms with van der Waals surface area (Å²) >= 11 is 0. The number of hydrogen-bond acceptors (Lipinski definition) is 3. The zero-order valence-corrected chi connectivity index (χ0v) is 20.4. The molecule has 6 nitrogen and oxygen atoms in total. The number of amides is 2. The summed E-state index contributed by atoms with van der Waals surface area (Å²) in [5.74, 6) is 1.64. The summed E-state index contributed by atoms with van der Waals surface area (Å²) in [6, 6.07) is 31.8. The molecule has 2 amide bonds. The Balaban J connectivity index is 1.26. The van der Waals surface area contributed by atoms with Gasteiger partial charge in [0.1, 0.15) is 11.6 Å². The van der Waals surface area contributed by atoms with Crippen molar-refractivity contribution in [1.82, 2.24) is 9.55 Å². The fourth-order valence-corrected chi connectivity index (χ4v) is 4.32. The maximum atomic E-state index is 12.5. The topological polar surface area (TPSA) is 68.2 Å². The predicted octanol–water partition coefficient (Wildman–Crippen LogP) is 6.77. The lowest BCUT2D eigenvalue weighted by molar-refractivity contribution is 0.262. The highest BCUT2D eigenvalue weighted by Crippen LogP contribution is 2.26. The smallest absolute Gasteiger partial charge is 0.323 e. The van der Waals surface area contributed by atoms with E-state index in [1.807, 2.05) is 79.7 Å². The molecule has 0 atom stereocenters. The van der Waals surface area contributed by atoms with Crippen LogP contribution in [0.2, 0.25) is 0 Å². The number of rotatable bonds is 7. The first-order valence-corrected chi connectivity index (χ1v) is 11.9. The van der Waals surface area contributed by atoms with E-state index in [2.05, 4.69) is 39.5 Å². The highest BCUT2D eigenvalue weighted by molar-refractivity contribution is 6.00. The third-order valence-electron chi connectivity index (χ3n) is 6.10. The summed E-state index contributed by atoms with van der Waals surface area (Å²) in [6.07, 6.45) is 1.63. The molecular formula is C30H28N4O2. The fourth-order valence-electron chi connectivity index (χ4n) is 4.32. The molecule has 36 heavy (non-hydrogen) atoms. The summed E-state index contributed by atoms with van der Waals surface area (Å²) < 4.78 is 7.57. The minimum atomic E-state index is -0.316. The molecule has 180 valence electrons. The van der Waals surface area contributed by atoms with Crippen LogP contribution in [0, 0.1) is 6.92 Å². The van der Waals surface area contributed by atoms with Crippen LogP contribution in [0.5, 0.6) is 5.75 Å². The van der Waals surface area contributed by atoms with Crippen LogP contribution in [-0.4, -0.2) is 22.7 Å². The third-order valence-corrected chi connectivity index (χ3v) is 6.10. The van der Waals surface area contributed by atoms with Crippen molar-refractivity contribution in [2.45, 2.75) is 19.8 Å². The Morgan fingerprint density at radius 2 is 1.61 bits per heavy atom. The van der Waals surface area contributed by atoms with E-state index in [4.69, 9.17) is 9.72 Å². The molecule has 0 saturated heterocycles. The molecule has 4 aromatic carbocycles. The highest BCUT2D eigenvalue weighted by atomic mass is 16.5. The fraction of sp³-hybridized carbons (Fsp3) is 0.133. The number of imidazole rings is 1. The van der Waals surface area contributed by atoms with E-state index in [1.165, 1.54) is 5.56 Å². The molecule has 0 aliphatic carbocycles. The van der Waals surface area contributed by atoms with Crippen LogP contribution in [0.1, 0.15) is 17.0 Å². The van der Waals surface area contributed by atoms with E-state index in [0.717, 1.165) is 46.6 Å². The molecule has 1 aromatic heterocycles. The molecule has 2 N–H and O–H groups in total. The maximum absolute atomic E-state index is 12.5. The average molecular weight is 477 g/mol. The predicted molar refractivity (Wildman–Crippen MR) is 145 cm³/mol. The Bertz CT molecular complexity index is 1490. The molecule has 0 aliphatic heterocycles. The van der Waals surface area contributed by atoms with Crippen molar-refractivity contribution in [2.24, 2.45) is 0 Å². The van der Waals surface area contributed by atoms with Gasteiger partial charge < -0.3 is 15.4 Å². The molecule has 6 heteroatoms. The number of urea groups is 1. The first-order chi connectivity index (χ1) is 17.6. The Morgan fingerprint density at radius 1 is 0.861 bits per heavy atom. The second kappa shape index (κ2) is 10.4. The molecule has 0 radical (unpaired) electrons. The number of ether oxygens (including phenoxy) is 1. The Kier molecular flexibility index (Phi) is 6.67. The maximum Gasteiger partial charge on any atom is 0.323 e. The van der Waals surface area contributed by atoms with E-state index in [0.29, 0.717) is 11.4 Å². The molecule has 5 rings (SSSR count). The Morgan fingerprint density at radius 3 is 2.39 bits per heavy atom. The Hall–Kier alpha value is -4.58. The van der Waals surface area contributed by atoms with Gasteiger partial charge in [-0.2, -0.15) is 0 Å². The minimum absolute atomic E-state index is 0.316. The number of hydrogen-bond donors (Lipinski definition) is 2. The molecule has 0 bridgehead atoms. The number of nitrogens with one attached hydrogen (secondary N) is 2. The quantitative estimate of drug-likeness (QED) is 0.272. The standard InChI is InChI=1S/C30H28N4O2/c1-21-12-18-28(36-2)26(20-21)33-30(35)31-23-16-13-22(14-17-23)15-19-29-32-25-10-6-7-11-27(25)34(29)24-8-4-3-5-9-24/h3-14,16-18,20H,15,19H2,1-2H3,(H2,31,33,35). The molecular weight excluding hydrogens is 448 g/mol. The van der Waals surface area contributed by atoms with Crippen LogP contribution in [0.15, 0.2) is 97.1 Å². The number of methoxy groups -OCH3 is 1. The lowest BCUT2D eigenvalue weighted by Crippen LogP contribution is -2.19. The first kappa shape index (κ1) is 23.2. The zero-order valence-electron chi connectivity index (χ0n) is 20.4. The van der Waals surface area contributed by atoms with Gasteiger partial charge in [-0.25, -0.2) is 9.78 Å². The molecule has 0 unspecified atom stereocenters.